The number of hydrogen-bond donors (Lipinski definition) is 0. The Hall–Kier alpha value is -2.90. The molecule has 7 heteroatoms. The zero-order valence-corrected chi connectivity index (χ0v) is 17.2. The minimum Gasteiger partial charge on any atom is -0.383 e. The molecule has 0 saturated carbocycles. The second-order valence-electron chi connectivity index (χ2n) is 6.81. The fourth-order valence-electron chi connectivity index (χ4n) is 3.24. The Balaban J connectivity index is 1.64. The molecule has 0 saturated heterocycles. The van der Waals surface area contributed by atoms with Gasteiger partial charge in [0.05, 0.1) is 35.4 Å². The molecule has 0 unspecified atom stereocenters. The van der Waals surface area contributed by atoms with Crippen molar-refractivity contribution in [2.45, 2.75) is 23.9 Å². The Bertz CT molecular complexity index is 1170. The molecule has 0 amide bonds. The van der Waals surface area contributed by atoms with Crippen LogP contribution in [0.15, 0.2) is 76.9 Å². The standard InChI is InChI=1S/C22H22N4O2S/c1-16(14-28-2)26-21(27)19-10-6-7-11-20(19)24-22(26)29-15-17-12-23-25(13-17)18-8-4-3-5-9-18/h3-13,16H,14-15H2,1-2H3/t16-/m1/s1. The molecule has 0 fully saturated rings. The highest BCUT2D eigenvalue weighted by molar-refractivity contribution is 7.98. The zero-order valence-electron chi connectivity index (χ0n) is 16.4. The van der Waals surface area contributed by atoms with E-state index in [0.29, 0.717) is 28.4 Å². The summed E-state index contributed by atoms with van der Waals surface area (Å²) in [6.07, 6.45) is 3.85. The molecule has 0 aliphatic heterocycles. The van der Waals surface area contributed by atoms with Gasteiger partial charge in [0.1, 0.15) is 0 Å². The molecular weight excluding hydrogens is 384 g/mol. The van der Waals surface area contributed by atoms with Crippen LogP contribution < -0.4 is 5.56 Å². The van der Waals surface area contributed by atoms with Gasteiger partial charge in [-0.1, -0.05) is 42.1 Å². The van der Waals surface area contributed by atoms with Gasteiger partial charge in [0.15, 0.2) is 5.16 Å². The third-order valence-corrected chi connectivity index (χ3v) is 5.67. The first-order chi connectivity index (χ1) is 14.2. The number of para-hydroxylation sites is 2. The third kappa shape index (κ3) is 4.11. The number of methoxy groups -OCH3 is 1. The first-order valence-corrected chi connectivity index (χ1v) is 10.4. The maximum absolute atomic E-state index is 13.1. The summed E-state index contributed by atoms with van der Waals surface area (Å²) in [4.78, 5) is 17.9. The van der Waals surface area contributed by atoms with Crippen molar-refractivity contribution in [2.75, 3.05) is 13.7 Å². The average Bonchev–Trinajstić information content (AvgIpc) is 3.22. The second-order valence-corrected chi connectivity index (χ2v) is 7.75. The summed E-state index contributed by atoms with van der Waals surface area (Å²) in [5, 5.41) is 5.76. The number of ether oxygens (including phenoxy) is 1. The molecule has 0 spiro atoms. The highest BCUT2D eigenvalue weighted by Crippen LogP contribution is 2.25. The number of rotatable bonds is 7. The van der Waals surface area contributed by atoms with Crippen LogP contribution in [0.5, 0.6) is 0 Å². The smallest absolute Gasteiger partial charge is 0.262 e. The number of benzene rings is 2. The largest absolute Gasteiger partial charge is 0.383 e. The average molecular weight is 407 g/mol. The van der Waals surface area contributed by atoms with Gasteiger partial charge in [-0.2, -0.15) is 5.10 Å². The van der Waals surface area contributed by atoms with Crippen LogP contribution in [0.25, 0.3) is 16.6 Å². The van der Waals surface area contributed by atoms with Crippen LogP contribution in [0.3, 0.4) is 0 Å². The molecule has 29 heavy (non-hydrogen) atoms. The summed E-state index contributed by atoms with van der Waals surface area (Å²) >= 11 is 1.53. The van der Waals surface area contributed by atoms with Crippen LogP contribution in [0, 0.1) is 0 Å². The van der Waals surface area contributed by atoms with E-state index >= 15 is 0 Å². The van der Waals surface area contributed by atoms with E-state index in [4.69, 9.17) is 9.72 Å². The number of nitrogens with zero attached hydrogens (tertiary/aromatic N) is 4. The van der Waals surface area contributed by atoms with Crippen molar-refractivity contribution < 1.29 is 4.74 Å². The summed E-state index contributed by atoms with van der Waals surface area (Å²) in [6, 6.07) is 17.3. The Kier molecular flexibility index (Phi) is 5.78. The maximum Gasteiger partial charge on any atom is 0.262 e. The number of aromatic nitrogens is 4. The molecule has 0 radical (unpaired) electrons. The number of fused-ring (bicyclic) bond motifs is 1. The predicted molar refractivity (Wildman–Crippen MR) is 116 cm³/mol. The van der Waals surface area contributed by atoms with Crippen molar-refractivity contribution in [3.63, 3.8) is 0 Å². The molecule has 2 aromatic carbocycles. The Labute approximate surface area is 173 Å². The molecule has 148 valence electrons. The lowest BCUT2D eigenvalue weighted by atomic mass is 10.2. The van der Waals surface area contributed by atoms with Crippen molar-refractivity contribution in [1.82, 2.24) is 19.3 Å². The molecule has 4 rings (SSSR count). The van der Waals surface area contributed by atoms with E-state index in [0.717, 1.165) is 11.3 Å². The lowest BCUT2D eigenvalue weighted by molar-refractivity contribution is 0.156. The molecule has 0 aliphatic carbocycles. The van der Waals surface area contributed by atoms with Crippen LogP contribution in [0.4, 0.5) is 0 Å². The molecule has 2 aromatic heterocycles. The van der Waals surface area contributed by atoms with Crippen LogP contribution >= 0.6 is 11.8 Å². The minimum atomic E-state index is -0.112. The van der Waals surface area contributed by atoms with E-state index in [2.05, 4.69) is 5.10 Å². The van der Waals surface area contributed by atoms with Crippen molar-refractivity contribution >= 4 is 22.7 Å². The topological polar surface area (TPSA) is 61.9 Å². The molecule has 1 atom stereocenters. The van der Waals surface area contributed by atoms with Crippen LogP contribution in [-0.4, -0.2) is 33.0 Å². The SMILES string of the molecule is COC[C@@H](C)n1c(SCc2cnn(-c3ccccc3)c2)nc2ccccc2c1=O. The summed E-state index contributed by atoms with van der Waals surface area (Å²) in [5.41, 5.74) is 2.74. The van der Waals surface area contributed by atoms with E-state index in [9.17, 15) is 4.79 Å². The molecule has 6 nitrogen and oxygen atoms in total. The van der Waals surface area contributed by atoms with Gasteiger partial charge in [-0.15, -0.1) is 0 Å². The van der Waals surface area contributed by atoms with E-state index in [1.54, 1.807) is 11.7 Å². The van der Waals surface area contributed by atoms with Gasteiger partial charge in [-0.3, -0.25) is 9.36 Å². The Morgan fingerprint density at radius 2 is 1.86 bits per heavy atom. The normalized spacial score (nSPS) is 12.3. The maximum atomic E-state index is 13.1. The number of hydrogen-bond acceptors (Lipinski definition) is 5. The summed E-state index contributed by atoms with van der Waals surface area (Å²) in [6.45, 7) is 2.41. The highest BCUT2D eigenvalue weighted by Gasteiger charge is 2.17. The fourth-order valence-corrected chi connectivity index (χ4v) is 4.25. The predicted octanol–water partition coefficient (Wildman–Crippen LogP) is 4.08. The van der Waals surface area contributed by atoms with E-state index in [-0.39, 0.29) is 11.6 Å². The van der Waals surface area contributed by atoms with E-state index in [1.807, 2.05) is 78.6 Å². The van der Waals surface area contributed by atoms with E-state index < -0.39 is 0 Å². The zero-order chi connectivity index (χ0) is 20.2. The minimum absolute atomic E-state index is 0.0392. The van der Waals surface area contributed by atoms with Gasteiger partial charge in [0.2, 0.25) is 0 Å². The Morgan fingerprint density at radius 1 is 1.10 bits per heavy atom. The molecule has 0 bridgehead atoms. The summed E-state index contributed by atoms with van der Waals surface area (Å²) in [5.74, 6) is 0.664. The van der Waals surface area contributed by atoms with Crippen molar-refractivity contribution in [3.8, 4) is 5.69 Å². The van der Waals surface area contributed by atoms with Crippen molar-refractivity contribution in [1.29, 1.82) is 0 Å². The molecular formula is C22H22N4O2S. The van der Waals surface area contributed by atoms with Gasteiger partial charge in [-0.25, -0.2) is 9.67 Å². The van der Waals surface area contributed by atoms with Crippen molar-refractivity contribution in [2.24, 2.45) is 0 Å². The van der Waals surface area contributed by atoms with Gasteiger partial charge in [-0.05, 0) is 31.2 Å². The van der Waals surface area contributed by atoms with Crippen LogP contribution in [-0.2, 0) is 10.5 Å². The quantitative estimate of drug-likeness (QED) is 0.342. The van der Waals surface area contributed by atoms with Crippen LogP contribution in [0.2, 0.25) is 0 Å². The first-order valence-electron chi connectivity index (χ1n) is 9.39. The van der Waals surface area contributed by atoms with Gasteiger partial charge in [0.25, 0.3) is 5.56 Å². The van der Waals surface area contributed by atoms with E-state index in [1.165, 1.54) is 11.8 Å². The number of thioether (sulfide) groups is 1. The van der Waals surface area contributed by atoms with Crippen molar-refractivity contribution in [3.05, 3.63) is 82.9 Å². The van der Waals surface area contributed by atoms with Gasteiger partial charge < -0.3 is 4.74 Å². The highest BCUT2D eigenvalue weighted by atomic mass is 32.2. The first kappa shape index (κ1) is 19.4. The second kappa shape index (κ2) is 8.63. The summed E-state index contributed by atoms with van der Waals surface area (Å²) < 4.78 is 8.87. The molecule has 4 aromatic rings. The molecule has 0 aliphatic rings. The lowest BCUT2D eigenvalue weighted by Crippen LogP contribution is -2.28. The lowest BCUT2D eigenvalue weighted by Gasteiger charge is -2.18. The molecule has 0 N–H and O–H groups in total. The monoisotopic (exact) mass is 406 g/mol. The fraction of sp³-hybridized carbons (Fsp3) is 0.227. The van der Waals surface area contributed by atoms with Gasteiger partial charge >= 0.3 is 0 Å². The van der Waals surface area contributed by atoms with Gasteiger partial charge in [0, 0.05) is 24.6 Å². The molecule has 2 heterocycles. The third-order valence-electron chi connectivity index (χ3n) is 4.65. The Morgan fingerprint density at radius 3 is 2.66 bits per heavy atom. The van der Waals surface area contributed by atoms with Crippen LogP contribution in [0.1, 0.15) is 18.5 Å². The summed E-state index contributed by atoms with van der Waals surface area (Å²) in [7, 11) is 1.64.